The van der Waals surface area contributed by atoms with Crippen LogP contribution in [0.25, 0.3) is 17.0 Å². The molecule has 0 bridgehead atoms. The number of carbonyl (C=O) groups is 2. The average molecular weight is 582 g/mol. The normalized spacial score (nSPS) is 11.3. The van der Waals surface area contributed by atoms with Crippen LogP contribution in [0.4, 0.5) is 5.69 Å². The first-order chi connectivity index (χ1) is 20.6. The summed E-state index contributed by atoms with van der Waals surface area (Å²) in [7, 11) is 0. The maximum absolute atomic E-state index is 13.8. The third-order valence-corrected chi connectivity index (χ3v) is 7.07. The summed E-state index contributed by atoms with van der Waals surface area (Å²) in [5.74, 6) is -0.365. The zero-order valence-corrected chi connectivity index (χ0v) is 24.6. The lowest BCUT2D eigenvalue weighted by atomic mass is 10.1. The lowest BCUT2D eigenvalue weighted by Crippen LogP contribution is -2.43. The van der Waals surface area contributed by atoms with Crippen LogP contribution in [-0.2, 0) is 22.7 Å². The van der Waals surface area contributed by atoms with E-state index in [9.17, 15) is 24.5 Å². The number of nitro benzene ring substituents is 1. The standard InChI is InChI=1S/C34H35N3O6/c1-24(2)17-18-35(32(38)16-12-26-10-13-29(14-11-26)37(41)42)22-33(39)36(20-27-7-5-4-6-8-27)21-28-23-43-31-15-9-25(3)19-30(31)34(28)40/h4-16,19,23-24H,17-18,20-22H2,1-3H3/b16-12+. The Morgan fingerprint density at radius 2 is 1.70 bits per heavy atom. The minimum absolute atomic E-state index is 0.0186. The number of nitrogens with zero attached hydrogens (tertiary/aromatic N) is 3. The van der Waals surface area contributed by atoms with E-state index in [0.717, 1.165) is 11.1 Å². The van der Waals surface area contributed by atoms with Crippen LogP contribution in [0, 0.1) is 23.0 Å². The highest BCUT2D eigenvalue weighted by Gasteiger charge is 2.22. The lowest BCUT2D eigenvalue weighted by molar-refractivity contribution is -0.384. The van der Waals surface area contributed by atoms with Crippen LogP contribution in [0.5, 0.6) is 0 Å². The van der Waals surface area contributed by atoms with E-state index in [1.165, 1.54) is 29.4 Å². The van der Waals surface area contributed by atoms with Gasteiger partial charge in [-0.2, -0.15) is 0 Å². The van der Waals surface area contributed by atoms with Crippen molar-refractivity contribution >= 4 is 34.5 Å². The summed E-state index contributed by atoms with van der Waals surface area (Å²) in [5, 5.41) is 11.4. The fraction of sp³-hybridized carbons (Fsp3) is 0.265. The Labute approximate surface area is 250 Å². The molecule has 0 fully saturated rings. The van der Waals surface area contributed by atoms with Crippen LogP contribution in [0.15, 0.2) is 94.3 Å². The number of carbonyl (C=O) groups excluding carboxylic acids is 2. The van der Waals surface area contributed by atoms with Crippen molar-refractivity contribution in [1.29, 1.82) is 0 Å². The molecular weight excluding hydrogens is 546 g/mol. The number of aryl methyl sites for hydroxylation is 1. The van der Waals surface area contributed by atoms with Crippen LogP contribution in [-0.4, -0.2) is 39.6 Å². The van der Waals surface area contributed by atoms with E-state index >= 15 is 0 Å². The van der Waals surface area contributed by atoms with E-state index in [1.807, 2.05) is 57.2 Å². The second-order valence-corrected chi connectivity index (χ2v) is 10.9. The van der Waals surface area contributed by atoms with E-state index in [2.05, 4.69) is 0 Å². The maximum Gasteiger partial charge on any atom is 0.269 e. The Hall–Kier alpha value is -5.05. The molecule has 4 rings (SSSR count). The summed E-state index contributed by atoms with van der Waals surface area (Å²) in [4.78, 5) is 54.0. The zero-order valence-electron chi connectivity index (χ0n) is 24.6. The number of benzene rings is 3. The second-order valence-electron chi connectivity index (χ2n) is 10.9. The first-order valence-corrected chi connectivity index (χ1v) is 14.1. The monoisotopic (exact) mass is 581 g/mol. The van der Waals surface area contributed by atoms with E-state index < -0.39 is 4.92 Å². The predicted molar refractivity (Wildman–Crippen MR) is 166 cm³/mol. The highest BCUT2D eigenvalue weighted by atomic mass is 16.6. The van der Waals surface area contributed by atoms with Gasteiger partial charge in [-0.15, -0.1) is 0 Å². The Morgan fingerprint density at radius 3 is 2.37 bits per heavy atom. The number of hydrogen-bond donors (Lipinski definition) is 0. The summed E-state index contributed by atoms with van der Waals surface area (Å²) < 4.78 is 5.74. The van der Waals surface area contributed by atoms with Gasteiger partial charge in [-0.25, -0.2) is 0 Å². The molecule has 0 atom stereocenters. The molecule has 0 aliphatic rings. The molecule has 43 heavy (non-hydrogen) atoms. The van der Waals surface area contributed by atoms with Gasteiger partial charge in [-0.3, -0.25) is 24.5 Å². The summed E-state index contributed by atoms with van der Waals surface area (Å²) in [5.41, 5.74) is 3.02. The molecule has 0 saturated carbocycles. The number of amides is 2. The molecule has 0 N–H and O–H groups in total. The SMILES string of the molecule is Cc1ccc2occ(CN(Cc3ccccc3)C(=O)CN(CCC(C)C)C(=O)/C=C/c3ccc([N+](=O)[O-])cc3)c(=O)c2c1. The van der Waals surface area contributed by atoms with Crippen molar-refractivity contribution in [1.82, 2.24) is 9.80 Å². The van der Waals surface area contributed by atoms with Gasteiger partial charge >= 0.3 is 0 Å². The summed E-state index contributed by atoms with van der Waals surface area (Å²) in [6.07, 6.45) is 5.04. The number of non-ortho nitro benzene ring substituents is 1. The third-order valence-electron chi connectivity index (χ3n) is 7.07. The van der Waals surface area contributed by atoms with Gasteiger partial charge in [0, 0.05) is 31.3 Å². The number of nitro groups is 1. The molecule has 2 amide bonds. The molecule has 3 aromatic carbocycles. The molecular formula is C34H35N3O6. The molecule has 4 aromatic rings. The van der Waals surface area contributed by atoms with E-state index in [4.69, 9.17) is 4.42 Å². The van der Waals surface area contributed by atoms with Crippen molar-refractivity contribution < 1.29 is 18.9 Å². The van der Waals surface area contributed by atoms with Crippen LogP contribution >= 0.6 is 0 Å². The van der Waals surface area contributed by atoms with Crippen LogP contribution < -0.4 is 5.43 Å². The van der Waals surface area contributed by atoms with Crippen LogP contribution in [0.1, 0.15) is 42.5 Å². The van der Waals surface area contributed by atoms with Gasteiger partial charge < -0.3 is 14.2 Å². The third kappa shape index (κ3) is 8.48. The Kier molecular flexibility index (Phi) is 10.2. The molecule has 0 unspecified atom stereocenters. The van der Waals surface area contributed by atoms with Crippen LogP contribution in [0.2, 0.25) is 0 Å². The van der Waals surface area contributed by atoms with E-state index in [0.29, 0.717) is 41.0 Å². The average Bonchev–Trinajstić information content (AvgIpc) is 2.99. The van der Waals surface area contributed by atoms with Gasteiger partial charge in [-0.1, -0.05) is 55.8 Å². The van der Waals surface area contributed by atoms with Crippen molar-refractivity contribution in [2.75, 3.05) is 13.1 Å². The minimum atomic E-state index is -0.484. The first kappa shape index (κ1) is 30.9. The Morgan fingerprint density at radius 1 is 0.977 bits per heavy atom. The number of fused-ring (bicyclic) bond motifs is 1. The zero-order chi connectivity index (χ0) is 30.9. The lowest BCUT2D eigenvalue weighted by Gasteiger charge is -2.27. The summed E-state index contributed by atoms with van der Waals surface area (Å²) in [6.45, 7) is 6.43. The molecule has 0 radical (unpaired) electrons. The van der Waals surface area contributed by atoms with Gasteiger partial charge in [0.15, 0.2) is 5.43 Å². The molecule has 0 aliphatic carbocycles. The second kappa shape index (κ2) is 14.2. The molecule has 0 saturated heterocycles. The van der Waals surface area contributed by atoms with E-state index in [-0.39, 0.29) is 42.6 Å². The van der Waals surface area contributed by atoms with Crippen molar-refractivity contribution in [2.24, 2.45) is 5.92 Å². The van der Waals surface area contributed by atoms with Crippen molar-refractivity contribution in [3.63, 3.8) is 0 Å². The van der Waals surface area contributed by atoms with Gasteiger partial charge in [0.2, 0.25) is 11.8 Å². The van der Waals surface area contributed by atoms with Gasteiger partial charge in [0.25, 0.3) is 5.69 Å². The largest absolute Gasteiger partial charge is 0.464 e. The fourth-order valence-electron chi connectivity index (χ4n) is 4.56. The molecule has 9 heteroatoms. The van der Waals surface area contributed by atoms with Crippen molar-refractivity contribution in [3.8, 4) is 0 Å². The molecule has 0 spiro atoms. The van der Waals surface area contributed by atoms with Crippen LogP contribution in [0.3, 0.4) is 0 Å². The predicted octanol–water partition coefficient (Wildman–Crippen LogP) is 6.13. The summed E-state index contributed by atoms with van der Waals surface area (Å²) >= 11 is 0. The number of rotatable bonds is 12. The maximum atomic E-state index is 13.8. The van der Waals surface area contributed by atoms with Gasteiger partial charge in [0.05, 0.1) is 28.7 Å². The summed E-state index contributed by atoms with van der Waals surface area (Å²) in [6, 6.07) is 20.7. The fourth-order valence-corrected chi connectivity index (χ4v) is 4.56. The quantitative estimate of drug-likeness (QED) is 0.113. The molecule has 222 valence electrons. The molecule has 1 heterocycles. The van der Waals surface area contributed by atoms with Crippen molar-refractivity contribution in [3.05, 3.63) is 128 Å². The highest BCUT2D eigenvalue weighted by Crippen LogP contribution is 2.17. The van der Waals surface area contributed by atoms with Gasteiger partial charge in [0.1, 0.15) is 12.1 Å². The topological polar surface area (TPSA) is 114 Å². The number of hydrogen-bond acceptors (Lipinski definition) is 6. The Balaban J connectivity index is 1.58. The first-order valence-electron chi connectivity index (χ1n) is 14.1. The highest BCUT2D eigenvalue weighted by molar-refractivity contribution is 5.94. The smallest absolute Gasteiger partial charge is 0.269 e. The van der Waals surface area contributed by atoms with Gasteiger partial charge in [-0.05, 0) is 60.7 Å². The minimum Gasteiger partial charge on any atom is -0.464 e. The Bertz CT molecular complexity index is 1680. The van der Waals surface area contributed by atoms with Crippen molar-refractivity contribution in [2.45, 2.75) is 40.3 Å². The molecule has 0 aliphatic heterocycles. The molecule has 1 aromatic heterocycles. The molecule has 9 nitrogen and oxygen atoms in total. The van der Waals surface area contributed by atoms with E-state index in [1.54, 1.807) is 35.2 Å².